The van der Waals surface area contributed by atoms with Crippen molar-refractivity contribution in [2.24, 2.45) is 0 Å². The van der Waals surface area contributed by atoms with Gasteiger partial charge in [0.15, 0.2) is 6.10 Å². The van der Waals surface area contributed by atoms with E-state index in [0.29, 0.717) is 5.56 Å². The van der Waals surface area contributed by atoms with E-state index in [1.807, 2.05) is 0 Å². The number of rotatable bonds is 4. The minimum absolute atomic E-state index is 0.338. The second-order valence-electron chi connectivity index (χ2n) is 2.71. The topological polar surface area (TPSA) is 35.5 Å². The molecule has 0 aromatic heterocycles. The lowest BCUT2D eigenvalue weighted by Crippen LogP contribution is -2.19. The summed E-state index contributed by atoms with van der Waals surface area (Å²) in [6.45, 7) is -3.02. The minimum atomic E-state index is -3.02. The SMILES string of the molecule is COC(=O)C(OC(F)F)c1ccccc1. The highest BCUT2D eigenvalue weighted by Crippen LogP contribution is 2.21. The van der Waals surface area contributed by atoms with Crippen LogP contribution in [-0.4, -0.2) is 19.7 Å². The van der Waals surface area contributed by atoms with Crippen LogP contribution in [0.4, 0.5) is 8.78 Å². The Balaban J connectivity index is 2.86. The maximum Gasteiger partial charge on any atom is 0.346 e. The van der Waals surface area contributed by atoms with Crippen molar-refractivity contribution in [3.63, 3.8) is 0 Å². The summed E-state index contributed by atoms with van der Waals surface area (Å²) in [5.74, 6) is -0.846. The highest BCUT2D eigenvalue weighted by atomic mass is 19.3. The summed E-state index contributed by atoms with van der Waals surface area (Å²) in [5, 5.41) is 0. The zero-order valence-electron chi connectivity index (χ0n) is 8.02. The largest absolute Gasteiger partial charge is 0.467 e. The van der Waals surface area contributed by atoms with Gasteiger partial charge in [0.05, 0.1) is 7.11 Å². The predicted molar refractivity (Wildman–Crippen MR) is 48.3 cm³/mol. The van der Waals surface area contributed by atoms with Crippen LogP contribution in [0.15, 0.2) is 30.3 Å². The molecule has 0 aliphatic heterocycles. The number of hydrogen-bond acceptors (Lipinski definition) is 3. The molecule has 0 fully saturated rings. The van der Waals surface area contributed by atoms with Gasteiger partial charge in [-0.2, -0.15) is 8.78 Å². The Morgan fingerprint density at radius 1 is 1.27 bits per heavy atom. The molecule has 1 aromatic carbocycles. The van der Waals surface area contributed by atoms with E-state index in [0.717, 1.165) is 7.11 Å². The quantitative estimate of drug-likeness (QED) is 0.723. The van der Waals surface area contributed by atoms with Crippen LogP contribution >= 0.6 is 0 Å². The van der Waals surface area contributed by atoms with Gasteiger partial charge in [-0.3, -0.25) is 0 Å². The summed E-state index contributed by atoms with van der Waals surface area (Å²) >= 11 is 0. The Hall–Kier alpha value is -1.49. The molecule has 1 aromatic rings. The van der Waals surface area contributed by atoms with Gasteiger partial charge >= 0.3 is 12.6 Å². The molecule has 82 valence electrons. The van der Waals surface area contributed by atoms with Crippen molar-refractivity contribution >= 4 is 5.97 Å². The summed E-state index contributed by atoms with van der Waals surface area (Å²) in [6.07, 6.45) is -1.38. The first kappa shape index (κ1) is 11.6. The van der Waals surface area contributed by atoms with Gasteiger partial charge < -0.3 is 9.47 Å². The van der Waals surface area contributed by atoms with E-state index in [9.17, 15) is 13.6 Å². The second-order valence-corrected chi connectivity index (χ2v) is 2.71. The van der Waals surface area contributed by atoms with Crippen molar-refractivity contribution in [1.82, 2.24) is 0 Å². The Morgan fingerprint density at radius 2 is 1.87 bits per heavy atom. The average molecular weight is 216 g/mol. The van der Waals surface area contributed by atoms with Crippen LogP contribution in [0.2, 0.25) is 0 Å². The van der Waals surface area contributed by atoms with Gasteiger partial charge in [0.2, 0.25) is 0 Å². The van der Waals surface area contributed by atoms with Crippen molar-refractivity contribution in [3.8, 4) is 0 Å². The van der Waals surface area contributed by atoms with E-state index in [1.165, 1.54) is 12.1 Å². The monoisotopic (exact) mass is 216 g/mol. The van der Waals surface area contributed by atoms with Crippen LogP contribution in [0.25, 0.3) is 0 Å². The fourth-order valence-electron chi connectivity index (χ4n) is 1.11. The van der Waals surface area contributed by atoms with Crippen LogP contribution in [0.1, 0.15) is 11.7 Å². The van der Waals surface area contributed by atoms with Gasteiger partial charge in [0.1, 0.15) is 0 Å². The first-order valence-corrected chi connectivity index (χ1v) is 4.21. The molecule has 5 heteroatoms. The van der Waals surface area contributed by atoms with Gasteiger partial charge in [-0.05, 0) is 5.56 Å². The molecule has 0 spiro atoms. The molecule has 0 bridgehead atoms. The first-order chi connectivity index (χ1) is 7.15. The molecule has 0 aliphatic carbocycles. The van der Waals surface area contributed by atoms with E-state index in [1.54, 1.807) is 18.2 Å². The molecule has 0 saturated carbocycles. The molecular formula is C10H10F2O3. The third-order valence-corrected chi connectivity index (χ3v) is 1.76. The standard InChI is InChI=1S/C10H10F2O3/c1-14-9(13)8(15-10(11)12)7-5-3-2-4-6-7/h2-6,8,10H,1H3. The zero-order valence-corrected chi connectivity index (χ0v) is 8.02. The summed E-state index contributed by atoms with van der Waals surface area (Å²) in [6, 6.07) is 7.99. The maximum absolute atomic E-state index is 12.0. The number of hydrogen-bond donors (Lipinski definition) is 0. The summed E-state index contributed by atoms with van der Waals surface area (Å²) < 4.78 is 32.6. The Labute approximate surface area is 85.6 Å². The van der Waals surface area contributed by atoms with Gasteiger partial charge in [-0.1, -0.05) is 30.3 Å². The van der Waals surface area contributed by atoms with Gasteiger partial charge in [0, 0.05) is 0 Å². The normalized spacial score (nSPS) is 12.5. The molecule has 0 radical (unpaired) electrons. The highest BCUT2D eigenvalue weighted by molar-refractivity contribution is 5.76. The summed E-state index contributed by atoms with van der Waals surface area (Å²) in [4.78, 5) is 11.2. The van der Waals surface area contributed by atoms with E-state index < -0.39 is 18.7 Å². The van der Waals surface area contributed by atoms with Crippen LogP contribution in [0, 0.1) is 0 Å². The van der Waals surface area contributed by atoms with Gasteiger partial charge in [0.25, 0.3) is 0 Å². The van der Waals surface area contributed by atoms with Crippen molar-refractivity contribution in [2.75, 3.05) is 7.11 Å². The van der Waals surface area contributed by atoms with E-state index >= 15 is 0 Å². The molecule has 0 N–H and O–H groups in total. The molecule has 15 heavy (non-hydrogen) atoms. The average Bonchev–Trinajstić information content (AvgIpc) is 2.26. The minimum Gasteiger partial charge on any atom is -0.467 e. The molecule has 0 amide bonds. The number of carbonyl (C=O) groups excluding carboxylic acids is 1. The van der Waals surface area contributed by atoms with Gasteiger partial charge in [-0.25, -0.2) is 4.79 Å². The van der Waals surface area contributed by atoms with Crippen LogP contribution < -0.4 is 0 Å². The second kappa shape index (κ2) is 5.41. The lowest BCUT2D eigenvalue weighted by molar-refractivity contribution is -0.191. The summed E-state index contributed by atoms with van der Waals surface area (Å²) in [5.41, 5.74) is 0.338. The van der Waals surface area contributed by atoms with E-state index in [2.05, 4.69) is 9.47 Å². The lowest BCUT2D eigenvalue weighted by Gasteiger charge is -2.14. The fraction of sp³-hybridized carbons (Fsp3) is 0.300. The lowest BCUT2D eigenvalue weighted by atomic mass is 10.1. The van der Waals surface area contributed by atoms with Crippen molar-refractivity contribution in [2.45, 2.75) is 12.7 Å². The Bertz CT molecular complexity index is 314. The molecule has 1 atom stereocenters. The van der Waals surface area contributed by atoms with Crippen molar-refractivity contribution in [3.05, 3.63) is 35.9 Å². The molecule has 0 aliphatic rings. The van der Waals surface area contributed by atoms with Crippen LogP contribution in [0.5, 0.6) is 0 Å². The third-order valence-electron chi connectivity index (χ3n) is 1.76. The number of carbonyl (C=O) groups is 1. The first-order valence-electron chi connectivity index (χ1n) is 4.21. The van der Waals surface area contributed by atoms with Crippen molar-refractivity contribution < 1.29 is 23.0 Å². The molecule has 0 saturated heterocycles. The van der Waals surface area contributed by atoms with Crippen LogP contribution in [0.3, 0.4) is 0 Å². The number of alkyl halides is 2. The Morgan fingerprint density at radius 3 is 2.33 bits per heavy atom. The third kappa shape index (κ3) is 3.28. The zero-order chi connectivity index (χ0) is 11.3. The Kier molecular flexibility index (Phi) is 4.17. The maximum atomic E-state index is 12.0. The number of halogens is 2. The van der Waals surface area contributed by atoms with Crippen LogP contribution in [-0.2, 0) is 14.3 Å². The van der Waals surface area contributed by atoms with E-state index in [-0.39, 0.29) is 0 Å². The number of esters is 1. The summed E-state index contributed by atoms with van der Waals surface area (Å²) in [7, 11) is 1.12. The molecule has 1 unspecified atom stereocenters. The molecule has 0 heterocycles. The molecule has 1 rings (SSSR count). The number of ether oxygens (including phenoxy) is 2. The predicted octanol–water partition coefficient (Wildman–Crippen LogP) is 2.14. The molecule has 3 nitrogen and oxygen atoms in total. The highest BCUT2D eigenvalue weighted by Gasteiger charge is 2.25. The van der Waals surface area contributed by atoms with E-state index in [4.69, 9.17) is 0 Å². The fourth-order valence-corrected chi connectivity index (χ4v) is 1.11. The van der Waals surface area contributed by atoms with Gasteiger partial charge in [-0.15, -0.1) is 0 Å². The van der Waals surface area contributed by atoms with Crippen molar-refractivity contribution in [1.29, 1.82) is 0 Å². The number of benzene rings is 1. The number of methoxy groups -OCH3 is 1. The smallest absolute Gasteiger partial charge is 0.346 e. The molecular weight excluding hydrogens is 206 g/mol.